The van der Waals surface area contributed by atoms with Gasteiger partial charge in [-0.2, -0.15) is 0 Å². The fourth-order valence-corrected chi connectivity index (χ4v) is 4.78. The Morgan fingerprint density at radius 3 is 2.97 bits per heavy atom. The maximum atomic E-state index is 12.7. The highest BCUT2D eigenvalue weighted by Gasteiger charge is 2.64. The third-order valence-corrected chi connectivity index (χ3v) is 6.59. The summed E-state index contributed by atoms with van der Waals surface area (Å²) < 4.78 is 17.6. The number of anilines is 1. The molecule has 0 spiro atoms. The molecule has 0 radical (unpaired) electrons. The Hall–Kier alpha value is -3.33. The number of urea groups is 1. The van der Waals surface area contributed by atoms with Crippen molar-refractivity contribution in [3.8, 4) is 17.2 Å². The van der Waals surface area contributed by atoms with Crippen LogP contribution in [0.15, 0.2) is 30.5 Å². The highest BCUT2D eigenvalue weighted by Crippen LogP contribution is 2.57. The number of hydrogen-bond donors (Lipinski definition) is 3. The van der Waals surface area contributed by atoms with E-state index in [2.05, 4.69) is 20.9 Å². The Kier molecular flexibility index (Phi) is 4.46. The summed E-state index contributed by atoms with van der Waals surface area (Å²) in [6, 6.07) is 7.42. The summed E-state index contributed by atoms with van der Waals surface area (Å²) in [5, 5.41) is 9.00. The Labute approximate surface area is 184 Å². The maximum absolute atomic E-state index is 12.7. The second-order valence-corrected chi connectivity index (χ2v) is 8.71. The molecule has 1 unspecified atom stereocenters. The number of benzene rings is 1. The molecule has 2 aromatic rings. The van der Waals surface area contributed by atoms with Gasteiger partial charge < -0.3 is 30.2 Å². The van der Waals surface area contributed by atoms with Crippen molar-refractivity contribution in [1.82, 2.24) is 15.6 Å². The molecule has 6 rings (SSSR count). The maximum Gasteiger partial charge on any atom is 0.315 e. The van der Waals surface area contributed by atoms with Crippen molar-refractivity contribution < 1.29 is 23.8 Å². The number of pyridine rings is 1. The number of rotatable bonds is 4. The molecule has 4 aliphatic rings. The Bertz CT molecular complexity index is 1100. The predicted molar refractivity (Wildman–Crippen MR) is 114 cm³/mol. The van der Waals surface area contributed by atoms with Crippen molar-refractivity contribution in [1.29, 1.82) is 0 Å². The van der Waals surface area contributed by atoms with E-state index in [0.29, 0.717) is 43.4 Å². The molecule has 2 fully saturated rings. The molecule has 4 heterocycles. The number of fused-ring (bicyclic) bond motifs is 4. The molecular formula is C23H24N4O5. The summed E-state index contributed by atoms with van der Waals surface area (Å²) in [6.45, 7) is 1.35. The fourth-order valence-electron chi connectivity index (χ4n) is 4.78. The van der Waals surface area contributed by atoms with Crippen LogP contribution < -0.4 is 25.4 Å². The van der Waals surface area contributed by atoms with E-state index in [9.17, 15) is 9.59 Å². The van der Waals surface area contributed by atoms with Gasteiger partial charge in [0.1, 0.15) is 34.7 Å². The van der Waals surface area contributed by atoms with E-state index in [1.807, 2.05) is 18.2 Å². The minimum Gasteiger partial charge on any atom is -0.487 e. The van der Waals surface area contributed by atoms with E-state index in [-0.39, 0.29) is 24.1 Å². The number of ether oxygens (including phenoxy) is 3. The van der Waals surface area contributed by atoms with Gasteiger partial charge in [-0.25, -0.2) is 9.78 Å². The van der Waals surface area contributed by atoms with Crippen LogP contribution in [-0.4, -0.2) is 42.3 Å². The molecule has 1 saturated heterocycles. The lowest BCUT2D eigenvalue weighted by Crippen LogP contribution is -2.48. The number of carbonyl (C=O) groups excluding carboxylic acids is 2. The van der Waals surface area contributed by atoms with Crippen LogP contribution in [0.3, 0.4) is 0 Å². The number of hydrogen-bond acceptors (Lipinski definition) is 6. The first-order valence-electron chi connectivity index (χ1n) is 11.0. The van der Waals surface area contributed by atoms with Crippen molar-refractivity contribution >= 4 is 17.8 Å². The molecule has 166 valence electrons. The van der Waals surface area contributed by atoms with E-state index in [0.717, 1.165) is 36.1 Å². The van der Waals surface area contributed by atoms with Crippen molar-refractivity contribution in [3.05, 3.63) is 41.6 Å². The van der Waals surface area contributed by atoms with Crippen LogP contribution in [0.1, 0.15) is 36.8 Å². The Morgan fingerprint density at radius 2 is 2.09 bits per heavy atom. The summed E-state index contributed by atoms with van der Waals surface area (Å²) in [6.07, 6.45) is 4.94. The average molecular weight is 436 g/mol. The van der Waals surface area contributed by atoms with Crippen LogP contribution in [0.4, 0.5) is 10.6 Å². The first-order valence-corrected chi connectivity index (χ1v) is 11.0. The molecule has 2 atom stereocenters. The number of nitrogens with one attached hydrogen (secondary N) is 3. The summed E-state index contributed by atoms with van der Waals surface area (Å²) in [7, 11) is 0. The Morgan fingerprint density at radius 1 is 1.22 bits per heavy atom. The molecule has 1 aromatic heterocycles. The lowest BCUT2D eigenvalue weighted by atomic mass is 10.0. The lowest BCUT2D eigenvalue weighted by Gasteiger charge is -2.25. The highest BCUT2D eigenvalue weighted by atomic mass is 16.5. The SMILES string of the molecule is O=C1CCc2c(Oc3ccc4c(c3)C3(NC(=O)NC5CCOCC5)C[C@@H]3O4)ccnc2N1. The number of carbonyl (C=O) groups is 2. The normalized spacial score (nSPS) is 25.5. The summed E-state index contributed by atoms with van der Waals surface area (Å²) in [4.78, 5) is 28.6. The molecule has 1 saturated carbocycles. The van der Waals surface area contributed by atoms with Gasteiger partial charge in [0, 0.05) is 49.4 Å². The first-order chi connectivity index (χ1) is 15.6. The summed E-state index contributed by atoms with van der Waals surface area (Å²) in [5.41, 5.74) is 1.30. The highest BCUT2D eigenvalue weighted by molar-refractivity contribution is 5.93. The van der Waals surface area contributed by atoms with Gasteiger partial charge in [0.2, 0.25) is 5.91 Å². The van der Waals surface area contributed by atoms with Crippen LogP contribution in [0.25, 0.3) is 0 Å². The van der Waals surface area contributed by atoms with Crippen molar-refractivity contribution in [2.75, 3.05) is 18.5 Å². The van der Waals surface area contributed by atoms with Crippen molar-refractivity contribution in [3.63, 3.8) is 0 Å². The lowest BCUT2D eigenvalue weighted by molar-refractivity contribution is -0.116. The van der Waals surface area contributed by atoms with Crippen molar-refractivity contribution in [2.45, 2.75) is 49.8 Å². The molecule has 3 N–H and O–H groups in total. The van der Waals surface area contributed by atoms with E-state index < -0.39 is 5.54 Å². The first kappa shape index (κ1) is 19.4. The number of aromatic nitrogens is 1. The molecule has 9 nitrogen and oxygen atoms in total. The molecule has 1 aromatic carbocycles. The van der Waals surface area contributed by atoms with Crippen LogP contribution in [0, 0.1) is 0 Å². The van der Waals surface area contributed by atoms with Crippen molar-refractivity contribution in [2.24, 2.45) is 0 Å². The third-order valence-electron chi connectivity index (χ3n) is 6.59. The van der Waals surface area contributed by atoms with Gasteiger partial charge in [0.05, 0.1) is 0 Å². The summed E-state index contributed by atoms with van der Waals surface area (Å²) >= 11 is 0. The van der Waals surface area contributed by atoms with E-state index in [4.69, 9.17) is 14.2 Å². The zero-order valence-corrected chi connectivity index (χ0v) is 17.5. The fraction of sp³-hybridized carbons (Fsp3) is 0.435. The van der Waals surface area contributed by atoms with E-state index in [1.54, 1.807) is 12.3 Å². The smallest absolute Gasteiger partial charge is 0.315 e. The number of amides is 3. The topological polar surface area (TPSA) is 111 Å². The van der Waals surface area contributed by atoms with Gasteiger partial charge in [-0.3, -0.25) is 4.79 Å². The minimum absolute atomic E-state index is 0.0383. The molecule has 3 amide bonds. The van der Waals surface area contributed by atoms with Gasteiger partial charge in [0.15, 0.2) is 0 Å². The zero-order chi connectivity index (χ0) is 21.7. The van der Waals surface area contributed by atoms with Crippen LogP contribution >= 0.6 is 0 Å². The minimum atomic E-state index is -0.518. The van der Waals surface area contributed by atoms with Gasteiger partial charge >= 0.3 is 6.03 Å². The van der Waals surface area contributed by atoms with Gasteiger partial charge in [-0.15, -0.1) is 0 Å². The quantitative estimate of drug-likeness (QED) is 0.680. The third kappa shape index (κ3) is 3.33. The van der Waals surface area contributed by atoms with Crippen LogP contribution in [0.2, 0.25) is 0 Å². The Balaban J connectivity index is 1.21. The largest absolute Gasteiger partial charge is 0.487 e. The molecule has 1 aliphatic carbocycles. The average Bonchev–Trinajstić information content (AvgIpc) is 3.39. The van der Waals surface area contributed by atoms with Crippen LogP contribution in [-0.2, 0) is 21.5 Å². The van der Waals surface area contributed by atoms with E-state index >= 15 is 0 Å². The van der Waals surface area contributed by atoms with Gasteiger partial charge in [0.25, 0.3) is 0 Å². The molecule has 9 heteroatoms. The van der Waals surface area contributed by atoms with E-state index in [1.165, 1.54) is 0 Å². The van der Waals surface area contributed by atoms with Crippen LogP contribution in [0.5, 0.6) is 17.2 Å². The predicted octanol–water partition coefficient (Wildman–Crippen LogP) is 2.60. The second-order valence-electron chi connectivity index (χ2n) is 8.71. The number of nitrogens with zero attached hydrogens (tertiary/aromatic N) is 1. The summed E-state index contributed by atoms with van der Waals surface area (Å²) in [5.74, 6) is 2.60. The zero-order valence-electron chi connectivity index (χ0n) is 17.5. The standard InChI is InChI=1S/C23H24N4O5/c28-20-4-2-15-17(5-8-24-21(15)26-20)31-14-1-3-18-16(11-14)23(12-19(23)32-18)27-22(29)25-13-6-9-30-10-7-13/h1,3,5,8,11,13,19H,2,4,6-7,9-10,12H2,(H,24,26,28)(H2,25,27,29)/t19-,23?/m0/s1. The van der Waals surface area contributed by atoms with Gasteiger partial charge in [-0.05, 0) is 43.5 Å². The monoisotopic (exact) mass is 436 g/mol. The molecule has 3 aliphatic heterocycles. The molecular weight excluding hydrogens is 412 g/mol. The van der Waals surface area contributed by atoms with Gasteiger partial charge in [-0.1, -0.05) is 0 Å². The molecule has 32 heavy (non-hydrogen) atoms. The molecule has 0 bridgehead atoms. The second kappa shape index (κ2) is 7.37.